The molecule has 0 unspecified atom stereocenters. The summed E-state index contributed by atoms with van der Waals surface area (Å²) in [6.45, 7) is 2.03. The van der Waals surface area contributed by atoms with Gasteiger partial charge in [0.15, 0.2) is 5.17 Å². The molecule has 0 atom stereocenters. The summed E-state index contributed by atoms with van der Waals surface area (Å²) in [4.78, 5) is 17.8. The highest BCUT2D eigenvalue weighted by Crippen LogP contribution is 2.28. The number of nitrogens with two attached hydrogens (primary N) is 1. The first-order chi connectivity index (χ1) is 6.65. The summed E-state index contributed by atoms with van der Waals surface area (Å²) in [7, 11) is 0. The molecular weight excluding hydrogens is 216 g/mol. The first-order valence-electron chi connectivity index (χ1n) is 3.99. The number of nitrogens with zero attached hydrogens (tertiary/aromatic N) is 1. The molecule has 0 fully saturated rings. The zero-order valence-corrected chi connectivity index (χ0v) is 9.11. The van der Waals surface area contributed by atoms with E-state index in [-0.39, 0.29) is 5.91 Å². The van der Waals surface area contributed by atoms with Crippen LogP contribution >= 0.6 is 23.1 Å². The Morgan fingerprint density at radius 3 is 2.79 bits per heavy atom. The molecule has 2 heterocycles. The SMILES string of the molecule is Cc1ccc(C=C2SC(N)=NC2=O)s1. The highest BCUT2D eigenvalue weighted by atomic mass is 32.2. The number of aliphatic imine (C=N–C) groups is 1. The maximum absolute atomic E-state index is 11.2. The van der Waals surface area contributed by atoms with Gasteiger partial charge in [0.25, 0.3) is 5.91 Å². The van der Waals surface area contributed by atoms with E-state index in [0.29, 0.717) is 10.1 Å². The zero-order chi connectivity index (χ0) is 10.1. The zero-order valence-electron chi connectivity index (χ0n) is 7.48. The van der Waals surface area contributed by atoms with E-state index < -0.39 is 0 Å². The van der Waals surface area contributed by atoms with Crippen LogP contribution in [0.15, 0.2) is 22.0 Å². The van der Waals surface area contributed by atoms with Gasteiger partial charge in [-0.15, -0.1) is 11.3 Å². The maximum atomic E-state index is 11.2. The van der Waals surface area contributed by atoms with Crippen LogP contribution in [-0.4, -0.2) is 11.1 Å². The van der Waals surface area contributed by atoms with Gasteiger partial charge in [0.05, 0.1) is 4.91 Å². The molecule has 14 heavy (non-hydrogen) atoms. The van der Waals surface area contributed by atoms with Gasteiger partial charge in [-0.25, -0.2) is 0 Å². The van der Waals surface area contributed by atoms with Gasteiger partial charge in [0.1, 0.15) is 0 Å². The van der Waals surface area contributed by atoms with Crippen molar-refractivity contribution in [2.45, 2.75) is 6.92 Å². The predicted molar refractivity (Wildman–Crippen MR) is 61.3 cm³/mol. The van der Waals surface area contributed by atoms with Crippen LogP contribution in [0.1, 0.15) is 9.75 Å². The van der Waals surface area contributed by atoms with Crippen LogP contribution < -0.4 is 5.73 Å². The van der Waals surface area contributed by atoms with Gasteiger partial charge in [0.2, 0.25) is 0 Å². The van der Waals surface area contributed by atoms with Gasteiger partial charge in [-0.2, -0.15) is 4.99 Å². The predicted octanol–water partition coefficient (Wildman–Crippen LogP) is 1.99. The Balaban J connectivity index is 2.25. The third-order valence-electron chi connectivity index (χ3n) is 1.67. The molecule has 1 aliphatic rings. The Morgan fingerprint density at radius 2 is 2.29 bits per heavy atom. The van der Waals surface area contributed by atoms with Crippen LogP contribution in [0.4, 0.5) is 0 Å². The van der Waals surface area contributed by atoms with E-state index in [1.165, 1.54) is 16.6 Å². The average Bonchev–Trinajstić information content (AvgIpc) is 2.61. The third-order valence-corrected chi connectivity index (χ3v) is 3.43. The van der Waals surface area contributed by atoms with Gasteiger partial charge < -0.3 is 5.73 Å². The van der Waals surface area contributed by atoms with Crippen molar-refractivity contribution in [3.63, 3.8) is 0 Å². The quantitative estimate of drug-likeness (QED) is 0.742. The Morgan fingerprint density at radius 1 is 1.50 bits per heavy atom. The highest BCUT2D eigenvalue weighted by Gasteiger charge is 2.19. The third kappa shape index (κ3) is 1.88. The van der Waals surface area contributed by atoms with Gasteiger partial charge in [-0.1, -0.05) is 0 Å². The normalized spacial score (nSPS) is 19.1. The topological polar surface area (TPSA) is 55.4 Å². The van der Waals surface area contributed by atoms with Crippen LogP contribution in [0.2, 0.25) is 0 Å². The summed E-state index contributed by atoms with van der Waals surface area (Å²) in [6, 6.07) is 4.00. The van der Waals surface area contributed by atoms with Crippen molar-refractivity contribution >= 4 is 40.2 Å². The van der Waals surface area contributed by atoms with Crippen molar-refractivity contribution in [3.8, 4) is 0 Å². The molecule has 1 aromatic heterocycles. The number of rotatable bonds is 1. The van der Waals surface area contributed by atoms with Crippen LogP contribution in [0.3, 0.4) is 0 Å². The molecule has 1 amide bonds. The monoisotopic (exact) mass is 224 g/mol. The second-order valence-corrected chi connectivity index (χ2v) is 5.20. The number of hydrogen-bond donors (Lipinski definition) is 1. The first-order valence-corrected chi connectivity index (χ1v) is 5.63. The Hall–Kier alpha value is -1.07. The average molecular weight is 224 g/mol. The molecular formula is C9H8N2OS2. The molecule has 1 aromatic rings. The van der Waals surface area contributed by atoms with E-state index in [0.717, 1.165) is 4.88 Å². The molecule has 5 heteroatoms. The number of amides is 1. The number of carbonyl (C=O) groups excluding carboxylic acids is 1. The van der Waals surface area contributed by atoms with Gasteiger partial charge in [-0.05, 0) is 36.9 Å². The van der Waals surface area contributed by atoms with Crippen molar-refractivity contribution in [2.24, 2.45) is 10.7 Å². The van der Waals surface area contributed by atoms with Gasteiger partial charge in [-0.3, -0.25) is 4.79 Å². The molecule has 0 aliphatic carbocycles. The summed E-state index contributed by atoms with van der Waals surface area (Å²) < 4.78 is 0. The molecule has 0 bridgehead atoms. The van der Waals surface area contributed by atoms with Gasteiger partial charge in [0, 0.05) is 9.75 Å². The van der Waals surface area contributed by atoms with E-state index in [4.69, 9.17) is 5.73 Å². The van der Waals surface area contributed by atoms with E-state index in [1.54, 1.807) is 11.3 Å². The summed E-state index contributed by atoms with van der Waals surface area (Å²) in [5.41, 5.74) is 5.43. The molecule has 2 rings (SSSR count). The summed E-state index contributed by atoms with van der Waals surface area (Å²) in [6.07, 6.45) is 1.83. The highest BCUT2D eigenvalue weighted by molar-refractivity contribution is 8.18. The smallest absolute Gasteiger partial charge is 0.286 e. The second-order valence-electron chi connectivity index (χ2n) is 2.81. The number of aryl methyl sites for hydroxylation is 1. The van der Waals surface area contributed by atoms with Crippen molar-refractivity contribution < 1.29 is 4.79 Å². The Labute approximate surface area is 89.7 Å². The minimum absolute atomic E-state index is 0.237. The second kappa shape index (κ2) is 3.59. The molecule has 3 nitrogen and oxygen atoms in total. The lowest BCUT2D eigenvalue weighted by atomic mass is 10.4. The fraction of sp³-hybridized carbons (Fsp3) is 0.111. The lowest BCUT2D eigenvalue weighted by Gasteiger charge is -1.89. The molecule has 0 aromatic carbocycles. The molecule has 1 aliphatic heterocycles. The molecule has 0 saturated heterocycles. The van der Waals surface area contributed by atoms with Crippen LogP contribution in [-0.2, 0) is 4.79 Å². The number of carbonyl (C=O) groups is 1. The van der Waals surface area contributed by atoms with Crippen LogP contribution in [0.25, 0.3) is 6.08 Å². The summed E-state index contributed by atoms with van der Waals surface area (Å²) in [5, 5.41) is 0.328. The number of thiophene rings is 1. The van der Waals surface area contributed by atoms with Gasteiger partial charge >= 0.3 is 0 Å². The van der Waals surface area contributed by atoms with E-state index in [1.807, 2.05) is 25.1 Å². The lowest BCUT2D eigenvalue weighted by molar-refractivity contribution is -0.113. The maximum Gasteiger partial charge on any atom is 0.286 e. The van der Waals surface area contributed by atoms with Crippen LogP contribution in [0.5, 0.6) is 0 Å². The number of amidine groups is 1. The molecule has 0 saturated carbocycles. The van der Waals surface area contributed by atoms with E-state index in [9.17, 15) is 4.79 Å². The van der Waals surface area contributed by atoms with Crippen LogP contribution in [0, 0.1) is 6.92 Å². The molecule has 0 spiro atoms. The number of thioether (sulfide) groups is 1. The molecule has 72 valence electrons. The van der Waals surface area contributed by atoms with E-state index in [2.05, 4.69) is 4.99 Å². The Bertz CT molecular complexity index is 445. The minimum Gasteiger partial charge on any atom is -0.378 e. The van der Waals surface area contributed by atoms with E-state index >= 15 is 0 Å². The Kier molecular flexibility index (Phi) is 2.43. The summed E-state index contributed by atoms with van der Waals surface area (Å²) >= 11 is 2.87. The number of hydrogen-bond acceptors (Lipinski definition) is 4. The molecule has 0 radical (unpaired) electrons. The fourth-order valence-electron chi connectivity index (χ4n) is 1.09. The van der Waals surface area contributed by atoms with Crippen molar-refractivity contribution in [2.75, 3.05) is 0 Å². The minimum atomic E-state index is -0.237. The first kappa shape index (κ1) is 9.48. The lowest BCUT2D eigenvalue weighted by Crippen LogP contribution is -2.01. The largest absolute Gasteiger partial charge is 0.378 e. The molecule has 2 N–H and O–H groups in total. The fourth-order valence-corrected chi connectivity index (χ4v) is 2.65. The van der Waals surface area contributed by atoms with Crippen molar-refractivity contribution in [1.29, 1.82) is 0 Å². The van der Waals surface area contributed by atoms with Crippen molar-refractivity contribution in [1.82, 2.24) is 0 Å². The standard InChI is InChI=1S/C9H8N2OS2/c1-5-2-3-6(13-5)4-7-8(12)11-9(10)14-7/h2-4H,1H3,(H2,10,11,12). The van der Waals surface area contributed by atoms with Crippen molar-refractivity contribution in [3.05, 3.63) is 26.8 Å². The summed E-state index contributed by atoms with van der Waals surface area (Å²) in [5.74, 6) is -0.237.